The number of furan rings is 1. The lowest BCUT2D eigenvalue weighted by atomic mass is 10.0. The summed E-state index contributed by atoms with van der Waals surface area (Å²) in [6, 6.07) is 3.56. The number of hydrogen-bond donors (Lipinski definition) is 1. The number of amides is 3. The van der Waals surface area contributed by atoms with Gasteiger partial charge in [-0.3, -0.25) is 14.4 Å². The Balaban J connectivity index is 1.33. The first-order valence-electron chi connectivity index (χ1n) is 9.53. The lowest BCUT2D eigenvalue weighted by Gasteiger charge is -2.36. The zero-order valence-electron chi connectivity index (χ0n) is 14.9. The van der Waals surface area contributed by atoms with Gasteiger partial charge in [0.15, 0.2) is 5.76 Å². The highest BCUT2D eigenvalue weighted by Gasteiger charge is 2.58. The summed E-state index contributed by atoms with van der Waals surface area (Å²) in [5, 5.41) is 3.08. The molecule has 1 aromatic rings. The summed E-state index contributed by atoms with van der Waals surface area (Å²) in [6.45, 7) is 1.85. The van der Waals surface area contributed by atoms with Gasteiger partial charge in [0.2, 0.25) is 11.8 Å². The summed E-state index contributed by atoms with van der Waals surface area (Å²) in [5.41, 5.74) is -0.851. The van der Waals surface area contributed by atoms with Crippen LogP contribution >= 0.6 is 0 Å². The van der Waals surface area contributed by atoms with Gasteiger partial charge in [0.25, 0.3) is 5.91 Å². The van der Waals surface area contributed by atoms with E-state index in [2.05, 4.69) is 5.32 Å². The molecule has 26 heavy (non-hydrogen) atoms. The summed E-state index contributed by atoms with van der Waals surface area (Å²) in [6.07, 6.45) is 7.08. The van der Waals surface area contributed by atoms with Crippen LogP contribution in [0.4, 0.5) is 0 Å². The van der Waals surface area contributed by atoms with E-state index in [-0.39, 0.29) is 23.8 Å². The largest absolute Gasteiger partial charge is 0.459 e. The standard InChI is InChI=1S/C19H25N3O4/c23-16(15-6-3-13-26-15)21-9-11-22(12-10-21)18(25)19(7-8-19)17(24)20-14-4-1-2-5-14/h3,6,13-14H,1-2,4-5,7-12H2,(H,20,24). The number of hydrogen-bond acceptors (Lipinski definition) is 4. The van der Waals surface area contributed by atoms with Gasteiger partial charge in [0.1, 0.15) is 5.41 Å². The molecular formula is C19H25N3O4. The molecule has 3 amide bonds. The fourth-order valence-corrected chi connectivity index (χ4v) is 4.03. The van der Waals surface area contributed by atoms with Gasteiger partial charge in [0, 0.05) is 32.2 Å². The number of carbonyl (C=O) groups is 3. The van der Waals surface area contributed by atoms with Gasteiger partial charge < -0.3 is 19.5 Å². The zero-order valence-corrected chi connectivity index (χ0v) is 14.9. The first kappa shape index (κ1) is 17.1. The Bertz CT molecular complexity index is 682. The van der Waals surface area contributed by atoms with E-state index < -0.39 is 5.41 Å². The van der Waals surface area contributed by atoms with Crippen LogP contribution in [0.5, 0.6) is 0 Å². The topological polar surface area (TPSA) is 82.9 Å². The number of rotatable bonds is 4. The fourth-order valence-electron chi connectivity index (χ4n) is 4.03. The molecule has 7 heteroatoms. The average molecular weight is 359 g/mol. The molecular weight excluding hydrogens is 334 g/mol. The van der Waals surface area contributed by atoms with E-state index in [1.54, 1.807) is 21.9 Å². The van der Waals surface area contributed by atoms with Crippen LogP contribution in [0, 0.1) is 5.41 Å². The molecule has 3 fully saturated rings. The number of carbonyl (C=O) groups excluding carboxylic acids is 3. The third-order valence-corrected chi connectivity index (χ3v) is 5.87. The van der Waals surface area contributed by atoms with Crippen molar-refractivity contribution in [3.63, 3.8) is 0 Å². The minimum atomic E-state index is -0.851. The lowest BCUT2D eigenvalue weighted by Crippen LogP contribution is -2.54. The van der Waals surface area contributed by atoms with Crippen LogP contribution in [-0.2, 0) is 9.59 Å². The number of nitrogens with one attached hydrogen (secondary N) is 1. The van der Waals surface area contributed by atoms with E-state index in [0.29, 0.717) is 44.8 Å². The molecule has 4 rings (SSSR count). The Labute approximate surface area is 152 Å². The second-order valence-corrected chi connectivity index (χ2v) is 7.60. The smallest absolute Gasteiger partial charge is 0.289 e. The van der Waals surface area contributed by atoms with Crippen molar-refractivity contribution in [1.82, 2.24) is 15.1 Å². The monoisotopic (exact) mass is 359 g/mol. The van der Waals surface area contributed by atoms with E-state index >= 15 is 0 Å². The molecule has 140 valence electrons. The van der Waals surface area contributed by atoms with E-state index in [4.69, 9.17) is 4.42 Å². The summed E-state index contributed by atoms with van der Waals surface area (Å²) in [4.78, 5) is 41.4. The van der Waals surface area contributed by atoms with Crippen LogP contribution in [0.15, 0.2) is 22.8 Å². The molecule has 7 nitrogen and oxygen atoms in total. The Hall–Kier alpha value is -2.31. The molecule has 2 heterocycles. The molecule has 2 saturated carbocycles. The van der Waals surface area contributed by atoms with Gasteiger partial charge in [0.05, 0.1) is 6.26 Å². The van der Waals surface area contributed by atoms with Crippen molar-refractivity contribution in [1.29, 1.82) is 0 Å². The third kappa shape index (κ3) is 3.10. The minimum absolute atomic E-state index is 0.0712. The van der Waals surface area contributed by atoms with Crippen LogP contribution in [0.2, 0.25) is 0 Å². The zero-order chi connectivity index (χ0) is 18.1. The van der Waals surface area contributed by atoms with Gasteiger partial charge >= 0.3 is 0 Å². The molecule has 0 unspecified atom stereocenters. The average Bonchev–Trinajstić information content (AvgIpc) is 3.06. The van der Waals surface area contributed by atoms with Crippen LogP contribution < -0.4 is 5.32 Å². The molecule has 0 radical (unpaired) electrons. The third-order valence-electron chi connectivity index (χ3n) is 5.87. The van der Waals surface area contributed by atoms with Crippen molar-refractivity contribution in [2.45, 2.75) is 44.6 Å². The van der Waals surface area contributed by atoms with Crippen molar-refractivity contribution < 1.29 is 18.8 Å². The Morgan fingerprint density at radius 2 is 1.69 bits per heavy atom. The Morgan fingerprint density at radius 1 is 1.04 bits per heavy atom. The van der Waals surface area contributed by atoms with Crippen LogP contribution in [-0.4, -0.2) is 59.7 Å². The molecule has 3 aliphatic rings. The molecule has 1 saturated heterocycles. The Morgan fingerprint density at radius 3 is 2.27 bits per heavy atom. The highest BCUT2D eigenvalue weighted by atomic mass is 16.3. The van der Waals surface area contributed by atoms with Crippen molar-refractivity contribution in [2.24, 2.45) is 5.41 Å². The second kappa shape index (κ2) is 6.78. The molecule has 1 aromatic heterocycles. The van der Waals surface area contributed by atoms with Crippen molar-refractivity contribution in [2.75, 3.05) is 26.2 Å². The Kier molecular flexibility index (Phi) is 4.46. The predicted molar refractivity (Wildman–Crippen MR) is 93.3 cm³/mol. The van der Waals surface area contributed by atoms with Crippen LogP contribution in [0.1, 0.15) is 49.1 Å². The lowest BCUT2D eigenvalue weighted by molar-refractivity contribution is -0.145. The van der Waals surface area contributed by atoms with Crippen LogP contribution in [0.25, 0.3) is 0 Å². The first-order valence-corrected chi connectivity index (χ1v) is 9.53. The van der Waals surface area contributed by atoms with Gasteiger partial charge in [-0.1, -0.05) is 12.8 Å². The van der Waals surface area contributed by atoms with Gasteiger partial charge in [-0.15, -0.1) is 0 Å². The van der Waals surface area contributed by atoms with E-state index in [0.717, 1.165) is 25.7 Å². The van der Waals surface area contributed by atoms with Gasteiger partial charge in [-0.2, -0.15) is 0 Å². The maximum absolute atomic E-state index is 12.9. The molecule has 0 atom stereocenters. The molecule has 1 N–H and O–H groups in total. The van der Waals surface area contributed by atoms with Gasteiger partial charge in [-0.05, 0) is 37.8 Å². The highest BCUT2D eigenvalue weighted by molar-refractivity contribution is 6.08. The summed E-state index contributed by atoms with van der Waals surface area (Å²) < 4.78 is 5.16. The van der Waals surface area contributed by atoms with Crippen LogP contribution in [0.3, 0.4) is 0 Å². The van der Waals surface area contributed by atoms with E-state index in [1.807, 2.05) is 0 Å². The van der Waals surface area contributed by atoms with E-state index in [9.17, 15) is 14.4 Å². The SMILES string of the molecule is O=C(c1ccco1)N1CCN(C(=O)C2(C(=O)NC3CCCC3)CC2)CC1. The van der Waals surface area contributed by atoms with Crippen molar-refractivity contribution >= 4 is 17.7 Å². The normalized spacial score (nSPS) is 22.3. The van der Waals surface area contributed by atoms with E-state index in [1.165, 1.54) is 6.26 Å². The predicted octanol–water partition coefficient (Wildman–Crippen LogP) is 1.40. The molecule has 0 aromatic carbocycles. The number of piperazine rings is 1. The quantitative estimate of drug-likeness (QED) is 0.824. The summed E-state index contributed by atoms with van der Waals surface area (Å²) in [7, 11) is 0. The second-order valence-electron chi connectivity index (χ2n) is 7.60. The highest BCUT2D eigenvalue weighted by Crippen LogP contribution is 2.48. The maximum Gasteiger partial charge on any atom is 0.289 e. The fraction of sp³-hybridized carbons (Fsp3) is 0.632. The molecule has 0 bridgehead atoms. The number of nitrogens with zero attached hydrogens (tertiary/aromatic N) is 2. The molecule has 1 aliphatic heterocycles. The maximum atomic E-state index is 12.9. The van der Waals surface area contributed by atoms with Gasteiger partial charge in [-0.25, -0.2) is 0 Å². The summed E-state index contributed by atoms with van der Waals surface area (Å²) >= 11 is 0. The minimum Gasteiger partial charge on any atom is -0.459 e. The molecule has 0 spiro atoms. The van der Waals surface area contributed by atoms with Crippen molar-refractivity contribution in [3.05, 3.63) is 24.2 Å². The van der Waals surface area contributed by atoms with Crippen molar-refractivity contribution in [3.8, 4) is 0 Å². The summed E-state index contributed by atoms with van der Waals surface area (Å²) in [5.74, 6) is 0.00294. The first-order chi connectivity index (χ1) is 12.6. The molecule has 2 aliphatic carbocycles.